The lowest BCUT2D eigenvalue weighted by Crippen LogP contribution is -2.26. The number of rotatable bonds is 8. The number of nitrogens with zero attached hydrogens (tertiary/aromatic N) is 3. The average molecular weight is 348 g/mol. The van der Waals surface area contributed by atoms with Crippen LogP contribution >= 0.6 is 0 Å². The number of ether oxygens (including phenoxy) is 2. The van der Waals surface area contributed by atoms with Crippen LogP contribution in [-0.2, 0) is 4.74 Å². The summed E-state index contributed by atoms with van der Waals surface area (Å²) in [7, 11) is 1.44. The molecule has 1 aromatic heterocycles. The molecule has 24 heavy (non-hydrogen) atoms. The monoisotopic (exact) mass is 348 g/mol. The van der Waals surface area contributed by atoms with E-state index in [-0.39, 0.29) is 17.7 Å². The van der Waals surface area contributed by atoms with Gasteiger partial charge in [-0.05, 0) is 18.9 Å². The van der Waals surface area contributed by atoms with Crippen LogP contribution < -0.4 is 15.8 Å². The van der Waals surface area contributed by atoms with Gasteiger partial charge in [-0.2, -0.15) is 18.2 Å². The predicted octanol–water partition coefficient (Wildman–Crippen LogP) is 1.94. The molecular formula is C13H19F3N6O2. The average Bonchev–Trinajstić information content (AvgIpc) is 2.52. The van der Waals surface area contributed by atoms with Crippen molar-refractivity contribution in [3.8, 4) is 6.01 Å². The molecule has 0 saturated carbocycles. The summed E-state index contributed by atoms with van der Waals surface area (Å²) in [6, 6.07) is 1.48. The minimum absolute atomic E-state index is 0.0606. The first-order valence-corrected chi connectivity index (χ1v) is 7.01. The number of guanidine groups is 1. The number of anilines is 1. The number of unbranched alkanes of at least 4 members (excludes halogenated alkanes) is 1. The maximum Gasteiger partial charge on any atom is 0.408 e. The number of aliphatic imine (C=N–C) groups is 1. The fourth-order valence-electron chi connectivity index (χ4n) is 1.48. The third kappa shape index (κ3) is 8.76. The van der Waals surface area contributed by atoms with Crippen molar-refractivity contribution < 1.29 is 22.6 Å². The van der Waals surface area contributed by atoms with Gasteiger partial charge in [0.15, 0.2) is 11.9 Å². The Morgan fingerprint density at radius 3 is 2.83 bits per heavy atom. The van der Waals surface area contributed by atoms with Gasteiger partial charge in [0.05, 0.1) is 13.7 Å². The lowest BCUT2D eigenvalue weighted by Gasteiger charge is -2.08. The Morgan fingerprint density at radius 2 is 2.17 bits per heavy atom. The number of hydrogen-bond acceptors (Lipinski definition) is 6. The molecule has 4 N–H and O–H groups in total. The van der Waals surface area contributed by atoms with E-state index in [9.17, 15) is 13.2 Å². The molecule has 1 heterocycles. The Labute approximate surface area is 136 Å². The molecule has 11 heteroatoms. The molecule has 0 aromatic carbocycles. The number of nitrogens with one attached hydrogen (secondary N) is 2. The van der Waals surface area contributed by atoms with Crippen LogP contribution in [0.1, 0.15) is 19.3 Å². The summed E-state index contributed by atoms with van der Waals surface area (Å²) in [5, 5.41) is 9.74. The maximum absolute atomic E-state index is 12.0. The number of methoxy groups -OCH3 is 1. The van der Waals surface area contributed by atoms with Gasteiger partial charge in [-0.15, -0.1) is 0 Å². The van der Waals surface area contributed by atoms with E-state index < -0.39 is 18.7 Å². The molecule has 0 atom stereocenters. The molecule has 1 rings (SSSR count). The smallest absolute Gasteiger partial charge is 0.408 e. The first-order chi connectivity index (χ1) is 11.3. The first-order valence-electron chi connectivity index (χ1n) is 7.01. The molecule has 134 valence electrons. The van der Waals surface area contributed by atoms with Crippen molar-refractivity contribution in [3.63, 3.8) is 0 Å². The molecule has 0 aliphatic rings. The summed E-state index contributed by atoms with van der Waals surface area (Å²) < 4.78 is 46.2. The van der Waals surface area contributed by atoms with E-state index in [1.165, 1.54) is 19.4 Å². The highest BCUT2D eigenvalue weighted by Gasteiger charge is 2.26. The van der Waals surface area contributed by atoms with E-state index in [2.05, 4.69) is 20.3 Å². The Hall–Kier alpha value is -2.59. The quantitative estimate of drug-likeness (QED) is 0.375. The van der Waals surface area contributed by atoms with Gasteiger partial charge in [0, 0.05) is 12.6 Å². The molecule has 0 radical (unpaired) electrons. The summed E-state index contributed by atoms with van der Waals surface area (Å²) in [6.45, 7) is -1.05. The lowest BCUT2D eigenvalue weighted by atomic mass is 10.2. The van der Waals surface area contributed by atoms with E-state index >= 15 is 0 Å². The van der Waals surface area contributed by atoms with Crippen LogP contribution in [0.25, 0.3) is 0 Å². The van der Waals surface area contributed by atoms with E-state index in [4.69, 9.17) is 20.6 Å². The highest BCUT2D eigenvalue weighted by atomic mass is 19.4. The Balaban J connectivity index is 2.42. The van der Waals surface area contributed by atoms with Crippen LogP contribution in [0.3, 0.4) is 0 Å². The number of nitrogens with two attached hydrogens (primary N) is 1. The fraction of sp³-hybridized carbons (Fsp3) is 0.538. The Kier molecular flexibility index (Phi) is 7.72. The normalized spacial score (nSPS) is 11.9. The van der Waals surface area contributed by atoms with Crippen LogP contribution in [0.5, 0.6) is 6.01 Å². The zero-order valence-electron chi connectivity index (χ0n) is 13.1. The topological polar surface area (TPSA) is 118 Å². The zero-order valence-corrected chi connectivity index (χ0v) is 13.1. The minimum atomic E-state index is -4.43. The first kappa shape index (κ1) is 19.5. The molecule has 0 fully saturated rings. The molecule has 0 aliphatic heterocycles. The Morgan fingerprint density at radius 1 is 1.42 bits per heavy atom. The Bertz CT molecular complexity index is 565. The third-order valence-electron chi connectivity index (χ3n) is 2.59. The lowest BCUT2D eigenvalue weighted by molar-refractivity contribution is -0.118. The van der Waals surface area contributed by atoms with Crippen LogP contribution in [0, 0.1) is 5.41 Å². The highest BCUT2D eigenvalue weighted by Crippen LogP contribution is 2.14. The van der Waals surface area contributed by atoms with E-state index in [0.717, 1.165) is 0 Å². The molecular weight excluding hydrogens is 329 g/mol. The van der Waals surface area contributed by atoms with Crippen LogP contribution in [0.15, 0.2) is 17.3 Å². The molecule has 0 amide bonds. The number of hydrogen-bond donors (Lipinski definition) is 3. The van der Waals surface area contributed by atoms with E-state index in [1.54, 1.807) is 0 Å². The zero-order chi connectivity index (χ0) is 18.0. The molecule has 0 bridgehead atoms. The van der Waals surface area contributed by atoms with E-state index in [1.807, 2.05) is 0 Å². The standard InChI is InChI=1S/C13H19F3N6O2/c1-23-9(17)4-2-3-7-24-12-19-6-5-10(22-12)21-11(18)20-8-13(14,15)16/h5-6,17H,2-4,7-8H2,1H3,(H3,18,19,20,21,22). The van der Waals surface area contributed by atoms with Crippen molar-refractivity contribution >= 4 is 17.7 Å². The van der Waals surface area contributed by atoms with Gasteiger partial charge in [0.25, 0.3) is 0 Å². The second kappa shape index (κ2) is 9.53. The van der Waals surface area contributed by atoms with Crippen molar-refractivity contribution in [2.24, 2.45) is 10.7 Å². The van der Waals surface area contributed by atoms with Gasteiger partial charge in [-0.3, -0.25) is 5.41 Å². The summed E-state index contributed by atoms with van der Waals surface area (Å²) in [6.07, 6.45) is -1.16. The second-order valence-electron chi connectivity index (χ2n) is 4.60. The van der Waals surface area contributed by atoms with Gasteiger partial charge >= 0.3 is 12.2 Å². The van der Waals surface area contributed by atoms with Gasteiger partial charge in [-0.1, -0.05) is 0 Å². The van der Waals surface area contributed by atoms with Crippen molar-refractivity contribution in [2.75, 3.05) is 25.6 Å². The number of alkyl halides is 3. The summed E-state index contributed by atoms with van der Waals surface area (Å²) in [5.74, 6) is -0.0364. The third-order valence-corrected chi connectivity index (χ3v) is 2.59. The van der Waals surface area contributed by atoms with Crippen LogP contribution in [0.4, 0.5) is 19.0 Å². The van der Waals surface area contributed by atoms with Crippen molar-refractivity contribution in [2.45, 2.75) is 25.4 Å². The van der Waals surface area contributed by atoms with Crippen molar-refractivity contribution in [3.05, 3.63) is 12.3 Å². The maximum atomic E-state index is 12.0. The fourth-order valence-corrected chi connectivity index (χ4v) is 1.48. The summed E-state index contributed by atoms with van der Waals surface area (Å²) in [4.78, 5) is 11.0. The summed E-state index contributed by atoms with van der Waals surface area (Å²) in [5.41, 5.74) is 5.35. The highest BCUT2D eigenvalue weighted by molar-refractivity contribution is 5.91. The summed E-state index contributed by atoms with van der Waals surface area (Å²) >= 11 is 0. The number of aromatic nitrogens is 2. The van der Waals surface area contributed by atoms with Gasteiger partial charge in [-0.25, -0.2) is 9.98 Å². The van der Waals surface area contributed by atoms with Crippen molar-refractivity contribution in [1.82, 2.24) is 9.97 Å². The van der Waals surface area contributed by atoms with Crippen molar-refractivity contribution in [1.29, 1.82) is 5.41 Å². The largest absolute Gasteiger partial charge is 0.484 e. The predicted molar refractivity (Wildman–Crippen MR) is 82.3 cm³/mol. The molecule has 0 unspecified atom stereocenters. The minimum Gasteiger partial charge on any atom is -0.484 e. The molecule has 1 aromatic rings. The van der Waals surface area contributed by atoms with Crippen LogP contribution in [0.2, 0.25) is 0 Å². The molecule has 8 nitrogen and oxygen atoms in total. The van der Waals surface area contributed by atoms with Gasteiger partial charge < -0.3 is 20.5 Å². The molecule has 0 spiro atoms. The SMILES string of the molecule is COC(=N)CCCCOc1nccc(NC(N)=NCC(F)(F)F)n1. The molecule has 0 saturated heterocycles. The van der Waals surface area contributed by atoms with E-state index in [0.29, 0.717) is 25.9 Å². The van der Waals surface area contributed by atoms with Gasteiger partial charge in [0.2, 0.25) is 0 Å². The second-order valence-corrected chi connectivity index (χ2v) is 4.60. The molecule has 0 aliphatic carbocycles. The number of halogens is 3. The van der Waals surface area contributed by atoms with Crippen LogP contribution in [-0.4, -0.2) is 48.3 Å². The van der Waals surface area contributed by atoms with Gasteiger partial charge in [0.1, 0.15) is 12.4 Å².